The third-order valence-corrected chi connectivity index (χ3v) is 4.14. The number of carbonyl (C=O) groups excluding carboxylic acids is 1. The number of nitrogens with one attached hydrogen (secondary N) is 1. The van der Waals surface area contributed by atoms with Crippen LogP contribution in [-0.4, -0.2) is 44.0 Å². The van der Waals surface area contributed by atoms with Gasteiger partial charge in [-0.15, -0.1) is 0 Å². The number of rotatable bonds is 11. The van der Waals surface area contributed by atoms with Crippen LogP contribution in [0.4, 0.5) is 0 Å². The molecule has 4 nitrogen and oxygen atoms in total. The first-order valence-electron chi connectivity index (χ1n) is 8.27. The summed E-state index contributed by atoms with van der Waals surface area (Å²) in [5.74, 6) is 0.150. The number of hydrogen-bond donors (Lipinski definition) is 2. The second kappa shape index (κ2) is 9.42. The fourth-order valence-electron chi connectivity index (χ4n) is 2.67. The molecule has 126 valence electrons. The zero-order valence-corrected chi connectivity index (χ0v) is 15.1. The van der Waals surface area contributed by atoms with Crippen LogP contribution in [0.3, 0.4) is 0 Å². The topological polar surface area (TPSA) is 58.4 Å². The van der Waals surface area contributed by atoms with E-state index in [2.05, 4.69) is 44.8 Å². The molecule has 4 heteroatoms. The normalized spacial score (nSPS) is 12.8. The molecular formula is C17H37N3O. The Balaban J connectivity index is 4.01. The van der Waals surface area contributed by atoms with Crippen molar-refractivity contribution in [3.63, 3.8) is 0 Å². The molecule has 0 rings (SSSR count). The van der Waals surface area contributed by atoms with E-state index in [4.69, 9.17) is 5.73 Å². The summed E-state index contributed by atoms with van der Waals surface area (Å²) in [5.41, 5.74) is 5.95. The van der Waals surface area contributed by atoms with Crippen LogP contribution in [0.5, 0.6) is 0 Å². The summed E-state index contributed by atoms with van der Waals surface area (Å²) in [7, 11) is 2.04. The van der Waals surface area contributed by atoms with Crippen molar-refractivity contribution in [1.82, 2.24) is 10.2 Å². The Kier molecular flexibility index (Phi) is 9.14. The largest absolute Gasteiger partial charge is 0.356 e. The van der Waals surface area contributed by atoms with Gasteiger partial charge in [-0.3, -0.25) is 4.79 Å². The Morgan fingerprint density at radius 2 is 1.76 bits per heavy atom. The molecule has 0 saturated heterocycles. The average Bonchev–Trinajstić information content (AvgIpc) is 2.39. The molecule has 0 aliphatic carbocycles. The van der Waals surface area contributed by atoms with Gasteiger partial charge in [-0.25, -0.2) is 0 Å². The molecule has 0 aromatic heterocycles. The Labute approximate surface area is 131 Å². The Morgan fingerprint density at radius 1 is 1.14 bits per heavy atom. The molecule has 0 unspecified atom stereocenters. The van der Waals surface area contributed by atoms with Gasteiger partial charge >= 0.3 is 0 Å². The van der Waals surface area contributed by atoms with Crippen LogP contribution < -0.4 is 11.1 Å². The highest BCUT2D eigenvalue weighted by Crippen LogP contribution is 2.35. The quantitative estimate of drug-likeness (QED) is 0.616. The maximum absolute atomic E-state index is 11.9. The third-order valence-electron chi connectivity index (χ3n) is 4.14. The van der Waals surface area contributed by atoms with E-state index in [1.165, 1.54) is 0 Å². The van der Waals surface area contributed by atoms with Gasteiger partial charge in [0, 0.05) is 19.5 Å². The zero-order chi connectivity index (χ0) is 16.5. The monoisotopic (exact) mass is 299 g/mol. The number of nitrogens with zero attached hydrogens (tertiary/aromatic N) is 1. The van der Waals surface area contributed by atoms with E-state index in [0.29, 0.717) is 18.4 Å². The molecule has 3 N–H and O–H groups in total. The lowest BCUT2D eigenvalue weighted by molar-refractivity contribution is -0.121. The lowest BCUT2D eigenvalue weighted by Crippen LogP contribution is -2.38. The van der Waals surface area contributed by atoms with E-state index in [-0.39, 0.29) is 11.3 Å². The predicted molar refractivity (Wildman–Crippen MR) is 91.3 cm³/mol. The molecule has 21 heavy (non-hydrogen) atoms. The second-order valence-corrected chi connectivity index (χ2v) is 7.83. The summed E-state index contributed by atoms with van der Waals surface area (Å²) in [6, 6.07) is 0. The van der Waals surface area contributed by atoms with Crippen molar-refractivity contribution in [2.75, 3.05) is 33.2 Å². The summed E-state index contributed by atoms with van der Waals surface area (Å²) >= 11 is 0. The molecule has 0 spiro atoms. The van der Waals surface area contributed by atoms with Gasteiger partial charge < -0.3 is 16.0 Å². The number of amides is 1. The van der Waals surface area contributed by atoms with Crippen molar-refractivity contribution in [3.8, 4) is 0 Å². The predicted octanol–water partition coefficient (Wildman–Crippen LogP) is 2.63. The van der Waals surface area contributed by atoms with Crippen LogP contribution in [0.2, 0.25) is 0 Å². The lowest BCUT2D eigenvalue weighted by Gasteiger charge is -2.34. The van der Waals surface area contributed by atoms with Crippen LogP contribution in [0.1, 0.15) is 60.3 Å². The van der Waals surface area contributed by atoms with Crippen molar-refractivity contribution in [2.45, 2.75) is 60.3 Å². The van der Waals surface area contributed by atoms with Gasteiger partial charge in [0.1, 0.15) is 0 Å². The Morgan fingerprint density at radius 3 is 2.29 bits per heavy atom. The van der Waals surface area contributed by atoms with Crippen molar-refractivity contribution in [3.05, 3.63) is 0 Å². The summed E-state index contributed by atoms with van der Waals surface area (Å²) in [6.45, 7) is 14.5. The van der Waals surface area contributed by atoms with E-state index in [1.54, 1.807) is 0 Å². The van der Waals surface area contributed by atoms with Crippen LogP contribution >= 0.6 is 0 Å². The van der Waals surface area contributed by atoms with Crippen molar-refractivity contribution in [2.24, 2.45) is 16.6 Å². The van der Waals surface area contributed by atoms with Crippen LogP contribution in [0, 0.1) is 10.8 Å². The minimum atomic E-state index is 0.140. The molecule has 0 aromatic carbocycles. The zero-order valence-electron chi connectivity index (χ0n) is 15.1. The summed E-state index contributed by atoms with van der Waals surface area (Å²) in [6.07, 6.45) is 3.83. The molecule has 1 amide bonds. The minimum absolute atomic E-state index is 0.140. The molecule has 0 saturated carbocycles. The van der Waals surface area contributed by atoms with Gasteiger partial charge in [-0.1, -0.05) is 41.0 Å². The highest BCUT2D eigenvalue weighted by atomic mass is 16.1. The van der Waals surface area contributed by atoms with Gasteiger partial charge in [-0.05, 0) is 43.8 Å². The maximum Gasteiger partial charge on any atom is 0.221 e. The first-order chi connectivity index (χ1) is 9.62. The lowest BCUT2D eigenvalue weighted by atomic mass is 9.73. The third kappa shape index (κ3) is 10.7. The second-order valence-electron chi connectivity index (χ2n) is 7.83. The molecule has 0 aliphatic rings. The SMILES string of the molecule is CCC(C)(C)CC(C)(C)CNC(=O)CCN(C)CCCN. The van der Waals surface area contributed by atoms with Crippen molar-refractivity contribution in [1.29, 1.82) is 0 Å². The molecule has 0 atom stereocenters. The summed E-state index contributed by atoms with van der Waals surface area (Å²) in [4.78, 5) is 14.1. The summed E-state index contributed by atoms with van der Waals surface area (Å²) < 4.78 is 0. The molecule has 0 heterocycles. The first kappa shape index (κ1) is 20.4. The molecule has 0 bridgehead atoms. The van der Waals surface area contributed by atoms with E-state index < -0.39 is 0 Å². The highest BCUT2D eigenvalue weighted by Gasteiger charge is 2.27. The van der Waals surface area contributed by atoms with Gasteiger partial charge in [0.05, 0.1) is 0 Å². The molecule has 0 aliphatic heterocycles. The van der Waals surface area contributed by atoms with Crippen LogP contribution in [-0.2, 0) is 4.79 Å². The van der Waals surface area contributed by atoms with Gasteiger partial charge in [0.15, 0.2) is 0 Å². The smallest absolute Gasteiger partial charge is 0.221 e. The van der Waals surface area contributed by atoms with E-state index in [1.807, 2.05) is 7.05 Å². The average molecular weight is 300 g/mol. The highest BCUT2D eigenvalue weighted by molar-refractivity contribution is 5.76. The van der Waals surface area contributed by atoms with Gasteiger partial charge in [0.2, 0.25) is 5.91 Å². The van der Waals surface area contributed by atoms with E-state index in [0.717, 1.165) is 38.9 Å². The van der Waals surface area contributed by atoms with Crippen molar-refractivity contribution < 1.29 is 4.79 Å². The number of hydrogen-bond acceptors (Lipinski definition) is 3. The molecule has 0 radical (unpaired) electrons. The van der Waals surface area contributed by atoms with Crippen molar-refractivity contribution >= 4 is 5.91 Å². The minimum Gasteiger partial charge on any atom is -0.356 e. The first-order valence-corrected chi connectivity index (χ1v) is 8.27. The van der Waals surface area contributed by atoms with Gasteiger partial charge in [0.25, 0.3) is 0 Å². The number of carbonyl (C=O) groups is 1. The molecule has 0 fully saturated rings. The molecule has 0 aromatic rings. The Hall–Kier alpha value is -0.610. The van der Waals surface area contributed by atoms with E-state index in [9.17, 15) is 4.79 Å². The molecular weight excluding hydrogens is 262 g/mol. The van der Waals surface area contributed by atoms with Crippen LogP contribution in [0.15, 0.2) is 0 Å². The Bertz CT molecular complexity index is 300. The summed E-state index contributed by atoms with van der Waals surface area (Å²) in [5, 5.41) is 3.09. The van der Waals surface area contributed by atoms with E-state index >= 15 is 0 Å². The number of nitrogens with two attached hydrogens (primary N) is 1. The van der Waals surface area contributed by atoms with Gasteiger partial charge in [-0.2, -0.15) is 0 Å². The van der Waals surface area contributed by atoms with Crippen LogP contribution in [0.25, 0.3) is 0 Å². The fourth-order valence-corrected chi connectivity index (χ4v) is 2.67. The standard InChI is InChI=1S/C17H37N3O/c1-7-16(2,3)13-17(4,5)14-19-15(21)9-12-20(6)11-8-10-18/h7-14,18H2,1-6H3,(H,19,21). The fraction of sp³-hybridized carbons (Fsp3) is 0.941. The maximum atomic E-state index is 11.9.